The third-order valence-electron chi connectivity index (χ3n) is 0.951. The van der Waals surface area contributed by atoms with Gasteiger partial charge in [-0.3, -0.25) is 0 Å². The molecular weight excluding hydrogens is 221 g/mol. The predicted octanol–water partition coefficient (Wildman–Crippen LogP) is 3.73. The molecule has 1 heteroatoms. The normalized spacial score (nSPS) is 9.83. The second kappa shape index (κ2) is 17.4. The van der Waals surface area contributed by atoms with Crippen molar-refractivity contribution in [2.75, 3.05) is 0 Å². The molecule has 0 N–H and O–H groups in total. The zero-order valence-corrected chi connectivity index (χ0v) is 11.3. The average molecular weight is 239 g/mol. The van der Waals surface area contributed by atoms with E-state index in [1.54, 1.807) is 6.08 Å². The van der Waals surface area contributed by atoms with Crippen molar-refractivity contribution in [1.82, 2.24) is 0 Å². The van der Waals surface area contributed by atoms with Crippen molar-refractivity contribution in [3.63, 3.8) is 0 Å². The summed E-state index contributed by atoms with van der Waals surface area (Å²) in [5.74, 6) is 0. The Hall–Kier alpha value is 0.324. The van der Waals surface area contributed by atoms with Crippen LogP contribution in [0.25, 0.3) is 0 Å². The largest absolute Gasteiger partial charge is 0.341 e. The van der Waals surface area contributed by atoms with Crippen LogP contribution in [0.4, 0.5) is 0 Å². The molecule has 0 aliphatic heterocycles. The van der Waals surface area contributed by atoms with Crippen molar-refractivity contribution in [1.29, 1.82) is 0 Å². The van der Waals surface area contributed by atoms with Crippen molar-refractivity contribution in [2.45, 2.75) is 27.2 Å². The van der Waals surface area contributed by atoms with Crippen LogP contribution in [-0.4, -0.2) is 0 Å². The van der Waals surface area contributed by atoms with Crippen molar-refractivity contribution in [3.05, 3.63) is 43.4 Å². The molecule has 0 saturated carbocycles. The zero-order chi connectivity index (χ0) is 9.11. The average Bonchev–Trinajstić information content (AvgIpc) is 2.10. The summed E-state index contributed by atoms with van der Waals surface area (Å²) in [6.07, 6.45) is 9.35. The molecule has 0 unspecified atom stereocenters. The molecule has 0 aromatic rings. The van der Waals surface area contributed by atoms with E-state index in [2.05, 4.69) is 19.6 Å². The van der Waals surface area contributed by atoms with Crippen LogP contribution < -0.4 is 0 Å². The molecule has 0 aromatic heterocycles. The van der Waals surface area contributed by atoms with E-state index in [-0.39, 0.29) is 32.7 Å². The van der Waals surface area contributed by atoms with Gasteiger partial charge >= 0.3 is 0 Å². The van der Waals surface area contributed by atoms with Crippen LogP contribution in [0.1, 0.15) is 27.2 Å². The maximum Gasteiger partial charge on any atom is 0 e. The number of rotatable bonds is 3. The van der Waals surface area contributed by atoms with Gasteiger partial charge in [0.2, 0.25) is 0 Å². The molecule has 0 aliphatic rings. The van der Waals surface area contributed by atoms with Gasteiger partial charge in [0.15, 0.2) is 0 Å². The fourth-order valence-corrected chi connectivity index (χ4v) is 0.424. The van der Waals surface area contributed by atoms with Crippen LogP contribution in [-0.2, 0) is 32.7 Å². The van der Waals surface area contributed by atoms with Crippen LogP contribution in [0.2, 0.25) is 0 Å². The SMILES string of the molecule is C=CC(=[C-]/C=C\C)C[CH2-].CC.[Y]. The first-order valence-corrected chi connectivity index (χ1v) is 4.00. The number of hydrogen-bond donors (Lipinski definition) is 0. The Bertz CT molecular complexity index is 132. The summed E-state index contributed by atoms with van der Waals surface area (Å²) < 4.78 is 0. The van der Waals surface area contributed by atoms with Gasteiger partial charge in [0.05, 0.1) is 0 Å². The van der Waals surface area contributed by atoms with Crippen molar-refractivity contribution >= 4 is 0 Å². The van der Waals surface area contributed by atoms with Gasteiger partial charge in [-0.2, -0.15) is 42.9 Å². The fourth-order valence-electron chi connectivity index (χ4n) is 0.424. The van der Waals surface area contributed by atoms with Crippen LogP contribution in [0.3, 0.4) is 0 Å². The molecule has 0 amide bonds. The first-order chi connectivity index (χ1) is 5.35. The monoisotopic (exact) mass is 239 g/mol. The molecule has 0 fully saturated rings. The first-order valence-electron chi connectivity index (χ1n) is 4.00. The minimum absolute atomic E-state index is 0. The molecule has 0 aromatic carbocycles. The Morgan fingerprint density at radius 1 is 1.50 bits per heavy atom. The molecule has 12 heavy (non-hydrogen) atoms. The van der Waals surface area contributed by atoms with Crippen LogP contribution in [0, 0.1) is 13.0 Å². The van der Waals surface area contributed by atoms with E-state index in [1.807, 2.05) is 32.9 Å². The molecule has 0 nitrogen and oxygen atoms in total. The van der Waals surface area contributed by atoms with E-state index in [4.69, 9.17) is 0 Å². The predicted molar refractivity (Wildman–Crippen MR) is 53.1 cm³/mol. The van der Waals surface area contributed by atoms with Crippen molar-refractivity contribution in [3.8, 4) is 0 Å². The molecule has 0 atom stereocenters. The third-order valence-corrected chi connectivity index (χ3v) is 0.951. The minimum Gasteiger partial charge on any atom is -0.341 e. The zero-order valence-electron chi connectivity index (χ0n) is 8.43. The summed E-state index contributed by atoms with van der Waals surface area (Å²) >= 11 is 0. The number of allylic oxidation sites excluding steroid dienone is 5. The molecule has 0 rings (SSSR count). The standard InChI is InChI=1S/C9H12.C2H6.Y/c1-4-7-8-9(5-2)6-3;1-2;/h4-5,7H,2-3,6H2,1H3;1-2H3;/q-2;;/b7-4-;;. The Morgan fingerprint density at radius 3 is 2.25 bits per heavy atom. The topological polar surface area (TPSA) is 0 Å². The number of hydrogen-bond acceptors (Lipinski definition) is 0. The van der Waals surface area contributed by atoms with Crippen molar-refractivity contribution in [2.24, 2.45) is 0 Å². The van der Waals surface area contributed by atoms with Gasteiger partial charge in [-0.15, -0.1) is 0 Å². The second-order valence-electron chi connectivity index (χ2n) is 1.62. The van der Waals surface area contributed by atoms with Gasteiger partial charge in [-0.1, -0.05) is 20.8 Å². The molecule has 0 saturated heterocycles. The quantitative estimate of drug-likeness (QED) is 0.520. The summed E-state index contributed by atoms with van der Waals surface area (Å²) in [6, 6.07) is 0. The van der Waals surface area contributed by atoms with Gasteiger partial charge in [-0.25, -0.2) is 0 Å². The van der Waals surface area contributed by atoms with Crippen molar-refractivity contribution < 1.29 is 32.7 Å². The van der Waals surface area contributed by atoms with E-state index in [0.29, 0.717) is 0 Å². The summed E-state index contributed by atoms with van der Waals surface area (Å²) in [5, 5.41) is 0. The third kappa shape index (κ3) is 13.0. The molecule has 0 heterocycles. The summed E-state index contributed by atoms with van der Waals surface area (Å²) in [4.78, 5) is 0. The fraction of sp³-hybridized carbons (Fsp3) is 0.364. The Morgan fingerprint density at radius 2 is 2.00 bits per heavy atom. The van der Waals surface area contributed by atoms with Crippen LogP contribution in [0.5, 0.6) is 0 Å². The first kappa shape index (κ1) is 18.2. The van der Waals surface area contributed by atoms with E-state index >= 15 is 0 Å². The van der Waals surface area contributed by atoms with E-state index in [1.165, 1.54) is 0 Å². The van der Waals surface area contributed by atoms with Gasteiger partial charge in [-0.05, 0) is 0 Å². The molecule has 0 bridgehead atoms. The molecule has 0 aliphatic carbocycles. The second-order valence-corrected chi connectivity index (χ2v) is 1.62. The van der Waals surface area contributed by atoms with Crippen LogP contribution >= 0.6 is 0 Å². The van der Waals surface area contributed by atoms with E-state index in [9.17, 15) is 0 Å². The molecule has 0 spiro atoms. The molecular formula is C11H18Y-2. The Labute approximate surface area is 103 Å². The van der Waals surface area contributed by atoms with E-state index in [0.717, 1.165) is 12.0 Å². The summed E-state index contributed by atoms with van der Waals surface area (Å²) in [5.41, 5.74) is 1.05. The smallest absolute Gasteiger partial charge is 0 e. The van der Waals surface area contributed by atoms with Gasteiger partial charge in [0.25, 0.3) is 0 Å². The minimum atomic E-state index is 0. The Kier molecular flexibility index (Phi) is 26.4. The van der Waals surface area contributed by atoms with E-state index < -0.39 is 0 Å². The van der Waals surface area contributed by atoms with Crippen LogP contribution in [0.15, 0.2) is 30.4 Å². The van der Waals surface area contributed by atoms with Gasteiger partial charge in [0.1, 0.15) is 0 Å². The maximum absolute atomic E-state index is 3.71. The van der Waals surface area contributed by atoms with Gasteiger partial charge in [0, 0.05) is 32.7 Å². The molecule has 1 radical (unpaired) electrons. The maximum atomic E-state index is 3.71. The summed E-state index contributed by atoms with van der Waals surface area (Å²) in [7, 11) is 0. The summed E-state index contributed by atoms with van der Waals surface area (Å²) in [6.45, 7) is 13.3. The Balaban J connectivity index is -0.000000249. The molecule has 67 valence electrons. The van der Waals surface area contributed by atoms with Gasteiger partial charge < -0.3 is 6.92 Å².